The lowest BCUT2D eigenvalue weighted by molar-refractivity contribution is 0.385. The van der Waals surface area contributed by atoms with Crippen LogP contribution < -0.4 is 14.8 Å². The van der Waals surface area contributed by atoms with Gasteiger partial charge in [0.25, 0.3) is 0 Å². The highest BCUT2D eigenvalue weighted by Gasteiger charge is 2.10. The molecule has 0 saturated carbocycles. The van der Waals surface area contributed by atoms with Gasteiger partial charge in [-0.15, -0.1) is 0 Å². The summed E-state index contributed by atoms with van der Waals surface area (Å²) in [6.07, 6.45) is 0.964. The Kier molecular flexibility index (Phi) is 5.29. The average Bonchev–Trinajstić information content (AvgIpc) is 2.29. The summed E-state index contributed by atoms with van der Waals surface area (Å²) < 4.78 is 10.8. The molecule has 1 aromatic carbocycles. The summed E-state index contributed by atoms with van der Waals surface area (Å²) in [4.78, 5) is 0. The Morgan fingerprint density at radius 3 is 2.41 bits per heavy atom. The number of rotatable bonds is 6. The summed E-state index contributed by atoms with van der Waals surface area (Å²) in [6.45, 7) is 7.28. The van der Waals surface area contributed by atoms with Gasteiger partial charge in [-0.1, -0.05) is 19.9 Å². The molecule has 0 aromatic heterocycles. The molecule has 0 atom stereocenters. The Morgan fingerprint density at radius 1 is 1.18 bits per heavy atom. The third-order valence-corrected chi connectivity index (χ3v) is 2.81. The molecule has 0 aliphatic carbocycles. The first kappa shape index (κ1) is 13.8. The van der Waals surface area contributed by atoms with Gasteiger partial charge in [0.05, 0.1) is 14.2 Å². The zero-order valence-corrected chi connectivity index (χ0v) is 11.5. The highest BCUT2D eigenvalue weighted by molar-refractivity contribution is 5.49. The second kappa shape index (κ2) is 6.50. The van der Waals surface area contributed by atoms with Gasteiger partial charge >= 0.3 is 0 Å². The molecular weight excluding hydrogens is 214 g/mol. The summed E-state index contributed by atoms with van der Waals surface area (Å²) in [7, 11) is 3.39. The van der Waals surface area contributed by atoms with Crippen molar-refractivity contribution in [3.63, 3.8) is 0 Å². The van der Waals surface area contributed by atoms with E-state index >= 15 is 0 Å². The van der Waals surface area contributed by atoms with Crippen molar-refractivity contribution < 1.29 is 9.47 Å². The number of nitrogens with one attached hydrogen (secondary N) is 1. The molecule has 96 valence electrons. The predicted molar refractivity (Wildman–Crippen MR) is 71.1 cm³/mol. The maximum absolute atomic E-state index is 5.47. The smallest absolute Gasteiger partial charge is 0.128 e. The van der Waals surface area contributed by atoms with E-state index in [-0.39, 0.29) is 0 Å². The van der Waals surface area contributed by atoms with Crippen LogP contribution in [0.4, 0.5) is 0 Å². The van der Waals surface area contributed by atoms with E-state index in [1.165, 1.54) is 5.56 Å². The Morgan fingerprint density at radius 2 is 1.88 bits per heavy atom. The lowest BCUT2D eigenvalue weighted by Gasteiger charge is -2.15. The molecule has 1 rings (SSSR count). The molecule has 0 fully saturated rings. The van der Waals surface area contributed by atoms with Crippen molar-refractivity contribution in [2.24, 2.45) is 0 Å². The van der Waals surface area contributed by atoms with Gasteiger partial charge < -0.3 is 14.8 Å². The number of hydrogen-bond acceptors (Lipinski definition) is 3. The molecule has 0 aliphatic heterocycles. The standard InChI is InChI=1S/C14H23NO2/c1-10(2)15-9-8-12-6-7-13(16-4)11(3)14(12)17-5/h6-7,10,15H,8-9H2,1-5H3. The van der Waals surface area contributed by atoms with Gasteiger partial charge in [0.2, 0.25) is 0 Å². The van der Waals surface area contributed by atoms with Crippen molar-refractivity contribution >= 4 is 0 Å². The van der Waals surface area contributed by atoms with Crippen LogP contribution in [0.25, 0.3) is 0 Å². The molecule has 0 amide bonds. The molecular formula is C14H23NO2. The molecule has 0 saturated heterocycles. The van der Waals surface area contributed by atoms with E-state index in [1.807, 2.05) is 13.0 Å². The van der Waals surface area contributed by atoms with Crippen molar-refractivity contribution in [1.82, 2.24) is 5.32 Å². The van der Waals surface area contributed by atoms with Gasteiger partial charge in [-0.05, 0) is 31.5 Å². The van der Waals surface area contributed by atoms with E-state index in [2.05, 4.69) is 25.2 Å². The zero-order chi connectivity index (χ0) is 12.8. The van der Waals surface area contributed by atoms with Crippen LogP contribution in [-0.4, -0.2) is 26.8 Å². The first-order chi connectivity index (χ1) is 8.10. The maximum atomic E-state index is 5.47. The van der Waals surface area contributed by atoms with E-state index < -0.39 is 0 Å². The quantitative estimate of drug-likeness (QED) is 0.825. The fourth-order valence-corrected chi connectivity index (χ4v) is 1.93. The molecule has 1 aromatic rings. The van der Waals surface area contributed by atoms with Gasteiger partial charge in [0, 0.05) is 11.6 Å². The molecule has 0 spiro atoms. The third kappa shape index (κ3) is 3.63. The van der Waals surface area contributed by atoms with E-state index in [1.54, 1.807) is 14.2 Å². The van der Waals surface area contributed by atoms with Crippen LogP contribution >= 0.6 is 0 Å². The number of ether oxygens (including phenoxy) is 2. The van der Waals surface area contributed by atoms with Gasteiger partial charge in [0.15, 0.2) is 0 Å². The zero-order valence-electron chi connectivity index (χ0n) is 11.5. The second-order valence-corrected chi connectivity index (χ2v) is 4.44. The molecule has 3 heteroatoms. The van der Waals surface area contributed by atoms with Crippen LogP contribution in [0.1, 0.15) is 25.0 Å². The Hall–Kier alpha value is -1.22. The van der Waals surface area contributed by atoms with Crippen LogP contribution in [0.5, 0.6) is 11.5 Å². The molecule has 0 bridgehead atoms. The van der Waals surface area contributed by atoms with Gasteiger partial charge in [0.1, 0.15) is 11.5 Å². The highest BCUT2D eigenvalue weighted by Crippen LogP contribution is 2.31. The minimum absolute atomic E-state index is 0.514. The number of methoxy groups -OCH3 is 2. The van der Waals surface area contributed by atoms with Crippen molar-refractivity contribution in [1.29, 1.82) is 0 Å². The van der Waals surface area contributed by atoms with Crippen molar-refractivity contribution in [2.75, 3.05) is 20.8 Å². The Labute approximate surface area is 104 Å². The van der Waals surface area contributed by atoms with Crippen LogP contribution in [-0.2, 0) is 6.42 Å². The topological polar surface area (TPSA) is 30.5 Å². The van der Waals surface area contributed by atoms with E-state index in [9.17, 15) is 0 Å². The van der Waals surface area contributed by atoms with Crippen LogP contribution in [0.2, 0.25) is 0 Å². The molecule has 17 heavy (non-hydrogen) atoms. The monoisotopic (exact) mass is 237 g/mol. The summed E-state index contributed by atoms with van der Waals surface area (Å²) in [5.41, 5.74) is 2.29. The van der Waals surface area contributed by atoms with E-state index in [4.69, 9.17) is 9.47 Å². The molecule has 1 N–H and O–H groups in total. The summed E-state index contributed by atoms with van der Waals surface area (Å²) in [5.74, 6) is 1.82. The molecule has 0 unspecified atom stereocenters. The molecule has 0 aliphatic rings. The predicted octanol–water partition coefficient (Wildman–Crippen LogP) is 2.55. The van der Waals surface area contributed by atoms with Gasteiger partial charge in [-0.25, -0.2) is 0 Å². The molecule has 3 nitrogen and oxygen atoms in total. The second-order valence-electron chi connectivity index (χ2n) is 4.44. The van der Waals surface area contributed by atoms with E-state index in [0.717, 1.165) is 30.0 Å². The van der Waals surface area contributed by atoms with Crippen molar-refractivity contribution in [3.8, 4) is 11.5 Å². The van der Waals surface area contributed by atoms with Crippen LogP contribution in [0.3, 0.4) is 0 Å². The average molecular weight is 237 g/mol. The lowest BCUT2D eigenvalue weighted by Crippen LogP contribution is -2.25. The molecule has 0 heterocycles. The third-order valence-electron chi connectivity index (χ3n) is 2.81. The van der Waals surface area contributed by atoms with Gasteiger partial charge in [-0.3, -0.25) is 0 Å². The summed E-state index contributed by atoms with van der Waals surface area (Å²) >= 11 is 0. The number of benzene rings is 1. The Bertz CT molecular complexity index is 361. The minimum Gasteiger partial charge on any atom is -0.496 e. The normalized spacial score (nSPS) is 10.7. The SMILES string of the molecule is COc1ccc(CCNC(C)C)c(OC)c1C. The maximum Gasteiger partial charge on any atom is 0.128 e. The largest absolute Gasteiger partial charge is 0.496 e. The van der Waals surface area contributed by atoms with Crippen LogP contribution in [0, 0.1) is 6.92 Å². The van der Waals surface area contributed by atoms with Crippen molar-refractivity contribution in [3.05, 3.63) is 23.3 Å². The minimum atomic E-state index is 0.514. The fourth-order valence-electron chi connectivity index (χ4n) is 1.93. The van der Waals surface area contributed by atoms with Crippen LogP contribution in [0.15, 0.2) is 12.1 Å². The van der Waals surface area contributed by atoms with Crippen molar-refractivity contribution in [2.45, 2.75) is 33.2 Å². The fraction of sp³-hybridized carbons (Fsp3) is 0.571. The van der Waals surface area contributed by atoms with E-state index in [0.29, 0.717) is 6.04 Å². The highest BCUT2D eigenvalue weighted by atomic mass is 16.5. The lowest BCUT2D eigenvalue weighted by atomic mass is 10.1. The summed E-state index contributed by atoms with van der Waals surface area (Å²) in [6, 6.07) is 4.59. The van der Waals surface area contributed by atoms with Gasteiger partial charge in [-0.2, -0.15) is 0 Å². The first-order valence-electron chi connectivity index (χ1n) is 6.04. The Balaban J connectivity index is 2.81. The number of hydrogen-bond donors (Lipinski definition) is 1. The first-order valence-corrected chi connectivity index (χ1v) is 6.04. The molecule has 0 radical (unpaired) electrons. The summed E-state index contributed by atoms with van der Waals surface area (Å²) in [5, 5.41) is 3.41.